The number of aryl methyl sites for hydroxylation is 2. The van der Waals surface area contributed by atoms with Crippen molar-refractivity contribution in [3.05, 3.63) is 33.9 Å². The number of nitrogens with one attached hydrogen (secondary N) is 1. The van der Waals surface area contributed by atoms with E-state index in [0.717, 1.165) is 6.42 Å². The average molecular weight is 262 g/mol. The Morgan fingerprint density at radius 2 is 1.58 bits per heavy atom. The van der Waals surface area contributed by atoms with Crippen LogP contribution < -0.4 is 11.1 Å². The molecule has 0 bridgehead atoms. The van der Waals surface area contributed by atoms with Gasteiger partial charge in [-0.05, 0) is 80.9 Å². The van der Waals surface area contributed by atoms with Crippen molar-refractivity contribution < 1.29 is 0 Å². The minimum Gasteiger partial charge on any atom is -0.330 e. The lowest BCUT2D eigenvalue weighted by atomic mass is 9.80. The van der Waals surface area contributed by atoms with Gasteiger partial charge in [-0.2, -0.15) is 0 Å². The number of hydrogen-bond donors (Lipinski definition) is 2. The Labute approximate surface area is 118 Å². The Bertz CT molecular complexity index is 421. The van der Waals surface area contributed by atoms with Crippen LogP contribution in [0.3, 0.4) is 0 Å². The molecule has 2 heteroatoms. The number of benzene rings is 1. The zero-order chi connectivity index (χ0) is 14.8. The van der Waals surface area contributed by atoms with Crippen molar-refractivity contribution in [3.8, 4) is 0 Å². The highest BCUT2D eigenvalue weighted by Gasteiger charge is 2.25. The predicted molar refractivity (Wildman–Crippen MR) is 84.6 cm³/mol. The van der Waals surface area contributed by atoms with E-state index in [2.05, 4.69) is 52.9 Å². The van der Waals surface area contributed by atoms with E-state index in [9.17, 15) is 0 Å². The Kier molecular flexibility index (Phi) is 5.17. The number of hydrogen-bond acceptors (Lipinski definition) is 2. The Balaban J connectivity index is 3.26. The van der Waals surface area contributed by atoms with Crippen molar-refractivity contribution in [2.24, 2.45) is 11.1 Å². The summed E-state index contributed by atoms with van der Waals surface area (Å²) < 4.78 is 0. The molecule has 108 valence electrons. The molecule has 0 aliphatic heterocycles. The van der Waals surface area contributed by atoms with Crippen LogP contribution in [-0.4, -0.2) is 13.6 Å². The van der Waals surface area contributed by atoms with Crippen molar-refractivity contribution >= 4 is 0 Å². The second kappa shape index (κ2) is 6.06. The van der Waals surface area contributed by atoms with E-state index in [0.29, 0.717) is 12.6 Å². The van der Waals surface area contributed by atoms with Crippen LogP contribution >= 0.6 is 0 Å². The molecule has 0 aromatic heterocycles. The van der Waals surface area contributed by atoms with Crippen LogP contribution in [0.25, 0.3) is 0 Å². The van der Waals surface area contributed by atoms with Crippen molar-refractivity contribution in [2.45, 2.75) is 54.0 Å². The second-order valence-electron chi connectivity index (χ2n) is 6.59. The highest BCUT2D eigenvalue weighted by molar-refractivity contribution is 5.45. The second-order valence-corrected chi connectivity index (χ2v) is 6.59. The molecule has 0 spiro atoms. The third-order valence-electron chi connectivity index (χ3n) is 4.43. The Hall–Kier alpha value is -0.860. The topological polar surface area (TPSA) is 38.0 Å². The summed E-state index contributed by atoms with van der Waals surface area (Å²) in [4.78, 5) is 0. The maximum absolute atomic E-state index is 5.90. The molecule has 2 nitrogen and oxygen atoms in total. The third kappa shape index (κ3) is 3.58. The van der Waals surface area contributed by atoms with Crippen LogP contribution in [-0.2, 0) is 0 Å². The van der Waals surface area contributed by atoms with E-state index in [-0.39, 0.29) is 5.41 Å². The van der Waals surface area contributed by atoms with Crippen molar-refractivity contribution in [3.63, 3.8) is 0 Å². The highest BCUT2D eigenvalue weighted by atomic mass is 14.9. The van der Waals surface area contributed by atoms with Crippen LogP contribution in [0.1, 0.15) is 54.1 Å². The molecule has 1 aromatic rings. The van der Waals surface area contributed by atoms with Gasteiger partial charge in [0.2, 0.25) is 0 Å². The quantitative estimate of drug-likeness (QED) is 0.851. The van der Waals surface area contributed by atoms with Crippen LogP contribution in [0.2, 0.25) is 0 Å². The van der Waals surface area contributed by atoms with Crippen molar-refractivity contribution in [2.75, 3.05) is 13.6 Å². The zero-order valence-corrected chi connectivity index (χ0v) is 13.6. The molecule has 0 heterocycles. The minimum absolute atomic E-state index is 0.157. The first-order chi connectivity index (χ1) is 8.73. The average Bonchev–Trinajstić information content (AvgIpc) is 2.35. The van der Waals surface area contributed by atoms with Crippen molar-refractivity contribution in [1.82, 2.24) is 5.32 Å². The molecule has 1 aromatic carbocycles. The fourth-order valence-corrected chi connectivity index (χ4v) is 2.75. The summed E-state index contributed by atoms with van der Waals surface area (Å²) in [6.07, 6.45) is 1.06. The number of nitrogens with two attached hydrogens (primary N) is 1. The summed E-state index contributed by atoms with van der Waals surface area (Å²) in [5.74, 6) is 0. The molecule has 3 N–H and O–H groups in total. The molecule has 0 saturated carbocycles. The molecule has 0 radical (unpaired) electrons. The lowest BCUT2D eigenvalue weighted by Gasteiger charge is -2.31. The molecule has 19 heavy (non-hydrogen) atoms. The van der Waals surface area contributed by atoms with E-state index in [1.807, 2.05) is 7.05 Å². The predicted octanol–water partition coefficient (Wildman–Crippen LogP) is 3.56. The summed E-state index contributed by atoms with van der Waals surface area (Å²) in [5, 5.41) is 3.49. The fraction of sp³-hybridized carbons (Fsp3) is 0.647. The monoisotopic (exact) mass is 262 g/mol. The molecule has 0 aliphatic rings. The lowest BCUT2D eigenvalue weighted by Crippen LogP contribution is -2.31. The molecule has 1 rings (SSSR count). The summed E-state index contributed by atoms with van der Waals surface area (Å²) >= 11 is 0. The van der Waals surface area contributed by atoms with E-state index in [1.165, 1.54) is 27.8 Å². The summed E-state index contributed by atoms with van der Waals surface area (Å²) in [6.45, 7) is 14.1. The van der Waals surface area contributed by atoms with Gasteiger partial charge in [-0.25, -0.2) is 0 Å². The van der Waals surface area contributed by atoms with Gasteiger partial charge in [-0.3, -0.25) is 0 Å². The molecule has 1 atom stereocenters. The van der Waals surface area contributed by atoms with Crippen LogP contribution in [0.5, 0.6) is 0 Å². The Morgan fingerprint density at radius 3 is 1.95 bits per heavy atom. The molecule has 0 fully saturated rings. The maximum atomic E-state index is 5.90. The molecule has 1 unspecified atom stereocenters. The van der Waals surface area contributed by atoms with Gasteiger partial charge in [0, 0.05) is 6.04 Å². The van der Waals surface area contributed by atoms with E-state index < -0.39 is 0 Å². The first kappa shape index (κ1) is 16.2. The van der Waals surface area contributed by atoms with Gasteiger partial charge >= 0.3 is 0 Å². The molecular weight excluding hydrogens is 232 g/mol. The lowest BCUT2D eigenvalue weighted by molar-refractivity contribution is 0.298. The van der Waals surface area contributed by atoms with Gasteiger partial charge in [-0.1, -0.05) is 19.9 Å². The normalized spacial score (nSPS) is 13.7. The first-order valence-electron chi connectivity index (χ1n) is 7.18. The van der Waals surface area contributed by atoms with Gasteiger partial charge in [0.05, 0.1) is 0 Å². The molecule has 0 saturated heterocycles. The highest BCUT2D eigenvalue weighted by Crippen LogP contribution is 2.34. The van der Waals surface area contributed by atoms with Crippen LogP contribution in [0.4, 0.5) is 0 Å². The van der Waals surface area contributed by atoms with E-state index in [1.54, 1.807) is 0 Å². The van der Waals surface area contributed by atoms with Gasteiger partial charge in [0.15, 0.2) is 0 Å². The summed E-state index contributed by atoms with van der Waals surface area (Å²) in [6, 6.07) is 2.66. The third-order valence-corrected chi connectivity index (χ3v) is 4.43. The van der Waals surface area contributed by atoms with E-state index in [4.69, 9.17) is 5.73 Å². The fourth-order valence-electron chi connectivity index (χ4n) is 2.75. The van der Waals surface area contributed by atoms with E-state index >= 15 is 0 Å². The number of rotatable bonds is 5. The first-order valence-corrected chi connectivity index (χ1v) is 7.18. The van der Waals surface area contributed by atoms with Gasteiger partial charge in [0.1, 0.15) is 0 Å². The SMILES string of the molecule is CNC(CC(C)(C)CN)c1c(C)c(C)cc(C)c1C. The van der Waals surface area contributed by atoms with Crippen LogP contribution in [0.15, 0.2) is 6.07 Å². The van der Waals surface area contributed by atoms with Gasteiger partial charge in [0.25, 0.3) is 0 Å². The largest absolute Gasteiger partial charge is 0.330 e. The minimum atomic E-state index is 0.157. The molecule has 0 aliphatic carbocycles. The standard InChI is InChI=1S/C17H30N2/c1-11-8-12(2)14(4)16(13(11)3)15(19-7)9-17(5,6)10-18/h8,15,19H,9-10,18H2,1-7H3. The van der Waals surface area contributed by atoms with Crippen LogP contribution in [0, 0.1) is 33.1 Å². The Morgan fingerprint density at radius 1 is 1.11 bits per heavy atom. The maximum Gasteiger partial charge on any atom is 0.0328 e. The summed E-state index contributed by atoms with van der Waals surface area (Å²) in [5.41, 5.74) is 13.1. The molecular formula is C17H30N2. The summed E-state index contributed by atoms with van der Waals surface area (Å²) in [7, 11) is 2.05. The zero-order valence-electron chi connectivity index (χ0n) is 13.6. The molecule has 0 amide bonds. The smallest absolute Gasteiger partial charge is 0.0328 e. The van der Waals surface area contributed by atoms with Crippen molar-refractivity contribution in [1.29, 1.82) is 0 Å². The van der Waals surface area contributed by atoms with Gasteiger partial charge < -0.3 is 11.1 Å². The van der Waals surface area contributed by atoms with Gasteiger partial charge in [-0.15, -0.1) is 0 Å².